The van der Waals surface area contributed by atoms with Gasteiger partial charge in [-0.15, -0.1) is 0 Å². The van der Waals surface area contributed by atoms with Gasteiger partial charge in [-0.05, 0) is 32.0 Å². The molecule has 120 valence electrons. The molecule has 2 bridgehead atoms. The van der Waals surface area contributed by atoms with Gasteiger partial charge in [0, 0.05) is 34.4 Å². The summed E-state index contributed by atoms with van der Waals surface area (Å²) in [7, 11) is 0. The normalized spacial score (nSPS) is 28.0. The van der Waals surface area contributed by atoms with E-state index in [0.717, 1.165) is 11.1 Å². The summed E-state index contributed by atoms with van der Waals surface area (Å²) >= 11 is 5.92. The number of hydrogen-bond donors (Lipinski definition) is 1. The summed E-state index contributed by atoms with van der Waals surface area (Å²) in [6.45, 7) is 3.90. The molecule has 1 aromatic rings. The highest BCUT2D eigenvalue weighted by Gasteiger charge is 2.52. The second kappa shape index (κ2) is 5.85. The van der Waals surface area contributed by atoms with Crippen molar-refractivity contribution in [3.63, 3.8) is 0 Å². The number of carboxylic acids is 1. The summed E-state index contributed by atoms with van der Waals surface area (Å²) in [6.07, 6.45) is 3.82. The first-order valence-electron chi connectivity index (χ1n) is 7.53. The van der Waals surface area contributed by atoms with E-state index in [2.05, 4.69) is 5.32 Å². The van der Waals surface area contributed by atoms with Gasteiger partial charge in [0.25, 0.3) is 0 Å². The van der Waals surface area contributed by atoms with Crippen molar-refractivity contribution in [2.24, 2.45) is 23.7 Å². The number of benzene rings is 1. The van der Waals surface area contributed by atoms with Gasteiger partial charge in [0.15, 0.2) is 0 Å². The molecule has 0 radical (unpaired) electrons. The lowest BCUT2D eigenvalue weighted by Gasteiger charge is -2.27. The Bertz CT molecular complexity index is 734. The lowest BCUT2D eigenvalue weighted by Crippen LogP contribution is -2.42. The number of carbonyl (C=O) groups excluding carboxylic acids is 2. The largest absolute Gasteiger partial charge is 0.550 e. The lowest BCUT2D eigenvalue weighted by atomic mass is 9.82. The van der Waals surface area contributed by atoms with Crippen molar-refractivity contribution >= 4 is 29.2 Å². The number of rotatable bonds is 3. The van der Waals surface area contributed by atoms with Crippen LogP contribution in [0.15, 0.2) is 47.6 Å². The fourth-order valence-corrected chi connectivity index (χ4v) is 4.01. The van der Waals surface area contributed by atoms with Crippen LogP contribution < -0.4 is 10.4 Å². The summed E-state index contributed by atoms with van der Waals surface area (Å²) in [5.74, 6) is -3.38. The molecule has 2 aliphatic carbocycles. The van der Waals surface area contributed by atoms with Gasteiger partial charge in [-0.25, -0.2) is 0 Å². The Morgan fingerprint density at radius 1 is 1.13 bits per heavy atom. The molecule has 4 atom stereocenters. The Hall–Kier alpha value is -2.07. The van der Waals surface area contributed by atoms with E-state index < -0.39 is 17.8 Å². The van der Waals surface area contributed by atoms with Crippen molar-refractivity contribution in [1.29, 1.82) is 0 Å². The molecule has 1 amide bonds. The quantitative estimate of drug-likeness (QED) is 0.865. The number of halogens is 1. The van der Waals surface area contributed by atoms with E-state index in [-0.39, 0.29) is 17.7 Å². The van der Waals surface area contributed by atoms with E-state index >= 15 is 0 Å². The van der Waals surface area contributed by atoms with Gasteiger partial charge in [0.2, 0.25) is 5.91 Å². The highest BCUT2D eigenvalue weighted by atomic mass is 35.5. The summed E-state index contributed by atoms with van der Waals surface area (Å²) in [4.78, 5) is 24.3. The van der Waals surface area contributed by atoms with Gasteiger partial charge < -0.3 is 15.2 Å². The molecule has 0 heterocycles. The van der Waals surface area contributed by atoms with Crippen LogP contribution in [0.2, 0.25) is 5.02 Å². The molecule has 5 heteroatoms. The van der Waals surface area contributed by atoms with Crippen LogP contribution in [0.1, 0.15) is 13.8 Å². The number of allylic oxidation sites excluding steroid dienone is 4. The van der Waals surface area contributed by atoms with E-state index in [9.17, 15) is 14.7 Å². The molecule has 0 unspecified atom stereocenters. The summed E-state index contributed by atoms with van der Waals surface area (Å²) in [6, 6.07) is 6.81. The molecule has 0 saturated heterocycles. The van der Waals surface area contributed by atoms with Crippen LogP contribution in [0.4, 0.5) is 5.69 Å². The van der Waals surface area contributed by atoms with Crippen LogP contribution in [-0.2, 0) is 9.59 Å². The van der Waals surface area contributed by atoms with Crippen LogP contribution in [-0.4, -0.2) is 11.9 Å². The zero-order valence-corrected chi connectivity index (χ0v) is 13.6. The van der Waals surface area contributed by atoms with Crippen molar-refractivity contribution in [1.82, 2.24) is 0 Å². The molecule has 0 aromatic heterocycles. The Kier molecular flexibility index (Phi) is 4.02. The Labute approximate surface area is 139 Å². The molecule has 23 heavy (non-hydrogen) atoms. The minimum atomic E-state index is -1.17. The number of aliphatic carboxylic acids is 1. The van der Waals surface area contributed by atoms with E-state index in [4.69, 9.17) is 11.6 Å². The highest BCUT2D eigenvalue weighted by molar-refractivity contribution is 6.30. The predicted octanol–water partition coefficient (Wildman–Crippen LogP) is 2.41. The first-order chi connectivity index (χ1) is 10.9. The van der Waals surface area contributed by atoms with Crippen molar-refractivity contribution < 1.29 is 14.7 Å². The third-order valence-electron chi connectivity index (χ3n) is 4.65. The first kappa shape index (κ1) is 15.8. The van der Waals surface area contributed by atoms with Crippen LogP contribution in [0.25, 0.3) is 0 Å². The number of carboxylic acid groups (broad SMARTS) is 1. The average molecular weight is 331 g/mol. The second-order valence-corrected chi connectivity index (χ2v) is 6.70. The smallest absolute Gasteiger partial charge is 0.229 e. The molecule has 0 spiro atoms. The number of carbonyl (C=O) groups is 2. The Balaban J connectivity index is 1.91. The zero-order valence-electron chi connectivity index (χ0n) is 12.9. The lowest BCUT2D eigenvalue weighted by molar-refractivity contribution is -0.313. The predicted molar refractivity (Wildman–Crippen MR) is 86.6 cm³/mol. The number of hydrogen-bond acceptors (Lipinski definition) is 3. The molecule has 3 rings (SSSR count). The van der Waals surface area contributed by atoms with Crippen LogP contribution in [0.3, 0.4) is 0 Å². The number of fused-ring (bicyclic) bond motifs is 2. The van der Waals surface area contributed by atoms with Crippen molar-refractivity contribution in [2.75, 3.05) is 5.32 Å². The van der Waals surface area contributed by atoms with Crippen LogP contribution in [0, 0.1) is 23.7 Å². The topological polar surface area (TPSA) is 69.2 Å². The molecule has 1 N–H and O–H groups in total. The minimum Gasteiger partial charge on any atom is -0.550 e. The molecular weight excluding hydrogens is 314 g/mol. The average Bonchev–Trinajstić information content (AvgIpc) is 3.02. The van der Waals surface area contributed by atoms with Gasteiger partial charge >= 0.3 is 0 Å². The summed E-state index contributed by atoms with van der Waals surface area (Å²) in [5, 5.41) is 14.9. The minimum absolute atomic E-state index is 0.174. The second-order valence-electron chi connectivity index (χ2n) is 6.26. The third-order valence-corrected chi connectivity index (χ3v) is 4.88. The van der Waals surface area contributed by atoms with E-state index in [1.54, 1.807) is 24.3 Å². The highest BCUT2D eigenvalue weighted by Crippen LogP contribution is 2.53. The van der Waals surface area contributed by atoms with Crippen molar-refractivity contribution in [3.8, 4) is 0 Å². The summed E-state index contributed by atoms with van der Waals surface area (Å²) < 4.78 is 0. The fourth-order valence-electron chi connectivity index (χ4n) is 3.82. The standard InChI is InChI=1S/C18H18ClNO3/c1-9(2)14-12-6-7-13(14)16(18(22)23)15(12)17(21)20-11-5-3-4-10(19)8-11/h3-8,12-13,15-16H,1-2H3,(H,20,21)(H,22,23)/p-1/t12-,13+,15-,16+/m1/s1. The molecular formula is C18H17ClNO3-. The molecule has 1 fully saturated rings. The van der Waals surface area contributed by atoms with Crippen molar-refractivity contribution in [2.45, 2.75) is 13.8 Å². The van der Waals surface area contributed by atoms with Crippen LogP contribution >= 0.6 is 11.6 Å². The van der Waals surface area contributed by atoms with Crippen LogP contribution in [0.5, 0.6) is 0 Å². The molecule has 1 saturated carbocycles. The third kappa shape index (κ3) is 2.68. The Morgan fingerprint density at radius 2 is 1.78 bits per heavy atom. The Morgan fingerprint density at radius 3 is 2.35 bits per heavy atom. The van der Waals surface area contributed by atoms with Gasteiger partial charge in [0.05, 0.1) is 5.92 Å². The summed E-state index contributed by atoms with van der Waals surface area (Å²) in [5.41, 5.74) is 2.66. The zero-order chi connectivity index (χ0) is 16.7. The van der Waals surface area contributed by atoms with Crippen molar-refractivity contribution in [3.05, 3.63) is 52.6 Å². The monoisotopic (exact) mass is 330 g/mol. The molecule has 1 aromatic carbocycles. The maximum absolute atomic E-state index is 12.7. The van der Waals surface area contributed by atoms with Gasteiger partial charge in [-0.1, -0.05) is 41.0 Å². The van der Waals surface area contributed by atoms with E-state index in [0.29, 0.717) is 10.7 Å². The van der Waals surface area contributed by atoms with E-state index in [1.165, 1.54) is 0 Å². The SMILES string of the molecule is CC(C)=C1[C@H]2C=C[C@@H]1[C@H](C(=O)[O-])[C@@H]2C(=O)Nc1cccc(Cl)c1. The molecule has 0 aliphatic heterocycles. The van der Waals surface area contributed by atoms with Gasteiger partial charge in [-0.3, -0.25) is 4.79 Å². The number of nitrogens with one attached hydrogen (secondary N) is 1. The maximum Gasteiger partial charge on any atom is 0.229 e. The number of amides is 1. The van der Waals surface area contributed by atoms with Gasteiger partial charge in [0.1, 0.15) is 0 Å². The maximum atomic E-state index is 12.7. The first-order valence-corrected chi connectivity index (χ1v) is 7.91. The fraction of sp³-hybridized carbons (Fsp3) is 0.333. The number of anilines is 1. The van der Waals surface area contributed by atoms with E-state index in [1.807, 2.05) is 26.0 Å². The molecule has 2 aliphatic rings. The molecule has 4 nitrogen and oxygen atoms in total. The van der Waals surface area contributed by atoms with Gasteiger partial charge in [-0.2, -0.15) is 0 Å².